The molecule has 1 heterocycles. The summed E-state index contributed by atoms with van der Waals surface area (Å²) in [5.74, 6) is -0.519. The number of thioether (sulfide) groups is 1. The topological polar surface area (TPSA) is 95.8 Å². The first kappa shape index (κ1) is 15.8. The Hall–Kier alpha value is -2.59. The molecule has 112 valence electrons. The fraction of sp³-hybridized carbons (Fsp3) is 0.200. The summed E-state index contributed by atoms with van der Waals surface area (Å²) < 4.78 is 5.01. The van der Waals surface area contributed by atoms with Crippen LogP contribution in [0.4, 0.5) is 0 Å². The lowest BCUT2D eigenvalue weighted by Gasteiger charge is -2.10. The Morgan fingerprint density at radius 2 is 2.18 bits per heavy atom. The normalized spacial score (nSPS) is 10.0. The molecule has 0 amide bonds. The van der Waals surface area contributed by atoms with Crippen LogP contribution in [0.5, 0.6) is 0 Å². The van der Waals surface area contributed by atoms with E-state index in [0.29, 0.717) is 10.7 Å². The first-order valence-corrected chi connectivity index (χ1v) is 7.69. The van der Waals surface area contributed by atoms with E-state index in [2.05, 4.69) is 9.97 Å². The Morgan fingerprint density at radius 1 is 1.45 bits per heavy atom. The largest absolute Gasteiger partial charge is 0.462 e. The number of rotatable bonds is 4. The predicted octanol–water partition coefficient (Wildman–Crippen LogP) is 2.21. The molecule has 0 fully saturated rings. The van der Waals surface area contributed by atoms with Crippen LogP contribution < -0.4 is 5.56 Å². The van der Waals surface area contributed by atoms with Gasteiger partial charge in [-0.15, -0.1) is 0 Å². The average molecular weight is 315 g/mol. The molecule has 0 atom stereocenters. The Labute approximate surface area is 131 Å². The zero-order chi connectivity index (χ0) is 16.1. The zero-order valence-corrected chi connectivity index (χ0v) is 12.9. The summed E-state index contributed by atoms with van der Waals surface area (Å²) in [5, 5.41) is 9.60. The minimum atomic E-state index is -0.532. The second-order valence-electron chi connectivity index (χ2n) is 4.18. The molecule has 0 aliphatic rings. The van der Waals surface area contributed by atoms with Gasteiger partial charge in [-0.05, 0) is 19.2 Å². The van der Waals surface area contributed by atoms with Crippen molar-refractivity contribution in [2.45, 2.75) is 12.1 Å². The lowest BCUT2D eigenvalue weighted by molar-refractivity contribution is 0.0527. The van der Waals surface area contributed by atoms with Gasteiger partial charge in [0.2, 0.25) is 0 Å². The van der Waals surface area contributed by atoms with Crippen LogP contribution >= 0.6 is 11.8 Å². The monoisotopic (exact) mass is 315 g/mol. The molecule has 6 nitrogen and oxygen atoms in total. The molecular weight excluding hydrogens is 302 g/mol. The number of nitrogens with zero attached hydrogens (tertiary/aromatic N) is 2. The third-order valence-electron chi connectivity index (χ3n) is 2.88. The zero-order valence-electron chi connectivity index (χ0n) is 12.0. The smallest absolute Gasteiger partial charge is 0.338 e. The first-order chi connectivity index (χ1) is 10.6. The minimum Gasteiger partial charge on any atom is -0.462 e. The van der Waals surface area contributed by atoms with Crippen molar-refractivity contribution in [2.24, 2.45) is 0 Å². The number of carbonyl (C=O) groups excluding carboxylic acids is 1. The van der Waals surface area contributed by atoms with E-state index in [4.69, 9.17) is 4.74 Å². The Balaban J connectivity index is 2.72. The van der Waals surface area contributed by atoms with E-state index in [1.54, 1.807) is 37.4 Å². The van der Waals surface area contributed by atoms with Gasteiger partial charge in [-0.2, -0.15) is 5.26 Å². The summed E-state index contributed by atoms with van der Waals surface area (Å²) in [5.41, 5.74) is 0.189. The van der Waals surface area contributed by atoms with Crippen molar-refractivity contribution >= 4 is 17.7 Å². The van der Waals surface area contributed by atoms with Crippen LogP contribution in [0.25, 0.3) is 11.3 Å². The van der Waals surface area contributed by atoms with Gasteiger partial charge in [0, 0.05) is 5.56 Å². The third kappa shape index (κ3) is 3.02. The van der Waals surface area contributed by atoms with Crippen LogP contribution in [-0.2, 0) is 4.74 Å². The quantitative estimate of drug-likeness (QED) is 0.528. The molecule has 0 spiro atoms. The Bertz CT molecular complexity index is 808. The number of esters is 1. The van der Waals surface area contributed by atoms with Crippen molar-refractivity contribution in [3.8, 4) is 17.3 Å². The van der Waals surface area contributed by atoms with Crippen molar-refractivity contribution < 1.29 is 9.53 Å². The van der Waals surface area contributed by atoms with Gasteiger partial charge >= 0.3 is 5.97 Å². The van der Waals surface area contributed by atoms with Crippen molar-refractivity contribution in [1.82, 2.24) is 9.97 Å². The van der Waals surface area contributed by atoms with Gasteiger partial charge in [0.05, 0.1) is 17.9 Å². The maximum Gasteiger partial charge on any atom is 0.338 e. The molecule has 0 radical (unpaired) electrons. The van der Waals surface area contributed by atoms with Crippen molar-refractivity contribution in [3.63, 3.8) is 0 Å². The van der Waals surface area contributed by atoms with Gasteiger partial charge in [0.1, 0.15) is 11.6 Å². The van der Waals surface area contributed by atoms with E-state index in [-0.39, 0.29) is 23.4 Å². The van der Waals surface area contributed by atoms with Crippen molar-refractivity contribution in [3.05, 3.63) is 45.7 Å². The van der Waals surface area contributed by atoms with Crippen molar-refractivity contribution in [2.75, 3.05) is 12.9 Å². The van der Waals surface area contributed by atoms with Crippen LogP contribution in [0.2, 0.25) is 0 Å². The number of aromatic nitrogens is 2. The van der Waals surface area contributed by atoms with Crippen molar-refractivity contribution in [1.29, 1.82) is 5.26 Å². The van der Waals surface area contributed by atoms with Crippen LogP contribution in [0, 0.1) is 11.3 Å². The molecule has 0 aliphatic heterocycles. The summed E-state index contributed by atoms with van der Waals surface area (Å²) in [6, 6.07) is 8.46. The number of H-pyrrole nitrogens is 1. The number of aromatic amines is 1. The van der Waals surface area contributed by atoms with Gasteiger partial charge in [0.25, 0.3) is 5.56 Å². The maximum absolute atomic E-state index is 12.1. The maximum atomic E-state index is 12.1. The number of hydrogen-bond acceptors (Lipinski definition) is 6. The third-order valence-corrected chi connectivity index (χ3v) is 3.46. The van der Waals surface area contributed by atoms with E-state index in [0.717, 1.165) is 0 Å². The highest BCUT2D eigenvalue weighted by molar-refractivity contribution is 7.98. The first-order valence-electron chi connectivity index (χ1n) is 6.47. The number of nitrogens with one attached hydrogen (secondary N) is 1. The van der Waals surface area contributed by atoms with E-state index in [1.807, 2.05) is 6.07 Å². The molecule has 2 aromatic rings. The lowest BCUT2D eigenvalue weighted by atomic mass is 10.0. The van der Waals surface area contributed by atoms with E-state index in [1.165, 1.54) is 11.8 Å². The standard InChI is InChI=1S/C15H13N3O3S/c1-3-21-14(20)10-7-5-4-6-9(10)12-11(8-16)13(19)18-15(17-12)22-2/h4-7H,3H2,1-2H3,(H,17,18,19). The number of nitriles is 1. The molecule has 0 aliphatic carbocycles. The van der Waals surface area contributed by atoms with Crippen LogP contribution in [0.15, 0.2) is 34.2 Å². The number of benzene rings is 1. The highest BCUT2D eigenvalue weighted by Gasteiger charge is 2.19. The Kier molecular flexibility index (Phi) is 4.96. The summed E-state index contributed by atoms with van der Waals surface area (Å²) in [7, 11) is 0. The number of carbonyl (C=O) groups is 1. The molecule has 7 heteroatoms. The molecule has 0 saturated heterocycles. The highest BCUT2D eigenvalue weighted by Crippen LogP contribution is 2.25. The second kappa shape index (κ2) is 6.91. The molecule has 0 saturated carbocycles. The van der Waals surface area contributed by atoms with Gasteiger partial charge < -0.3 is 9.72 Å². The van der Waals surface area contributed by atoms with Gasteiger partial charge in [-0.25, -0.2) is 9.78 Å². The Morgan fingerprint density at radius 3 is 2.82 bits per heavy atom. The lowest BCUT2D eigenvalue weighted by Crippen LogP contribution is -2.16. The molecule has 1 N–H and O–H groups in total. The van der Waals surface area contributed by atoms with Gasteiger partial charge in [0.15, 0.2) is 5.16 Å². The van der Waals surface area contributed by atoms with Gasteiger partial charge in [-0.3, -0.25) is 4.79 Å². The minimum absolute atomic E-state index is 0.130. The molecular formula is C15H13N3O3S. The van der Waals surface area contributed by atoms with E-state index >= 15 is 0 Å². The average Bonchev–Trinajstić information content (AvgIpc) is 2.54. The molecule has 0 unspecified atom stereocenters. The molecule has 1 aromatic carbocycles. The second-order valence-corrected chi connectivity index (χ2v) is 4.97. The predicted molar refractivity (Wildman–Crippen MR) is 82.7 cm³/mol. The van der Waals surface area contributed by atoms with Crippen LogP contribution in [0.3, 0.4) is 0 Å². The fourth-order valence-electron chi connectivity index (χ4n) is 1.92. The molecule has 0 bridgehead atoms. The molecule has 1 aromatic heterocycles. The van der Waals surface area contributed by atoms with Crippen LogP contribution in [0.1, 0.15) is 22.8 Å². The molecule has 2 rings (SSSR count). The van der Waals surface area contributed by atoms with Gasteiger partial charge in [-0.1, -0.05) is 30.0 Å². The van der Waals surface area contributed by atoms with E-state index < -0.39 is 11.5 Å². The van der Waals surface area contributed by atoms with Crippen LogP contribution in [-0.4, -0.2) is 28.8 Å². The fourth-order valence-corrected chi connectivity index (χ4v) is 2.30. The highest BCUT2D eigenvalue weighted by atomic mass is 32.2. The number of ether oxygens (including phenoxy) is 1. The molecule has 22 heavy (non-hydrogen) atoms. The van der Waals surface area contributed by atoms with E-state index in [9.17, 15) is 14.9 Å². The summed E-state index contributed by atoms with van der Waals surface area (Å²) in [4.78, 5) is 30.8. The number of hydrogen-bond donors (Lipinski definition) is 1. The SMILES string of the molecule is CCOC(=O)c1ccccc1-c1nc(SC)[nH]c(=O)c1C#N. The summed E-state index contributed by atoms with van der Waals surface area (Å²) >= 11 is 1.24. The summed E-state index contributed by atoms with van der Waals surface area (Å²) in [6.45, 7) is 1.94. The summed E-state index contributed by atoms with van der Waals surface area (Å²) in [6.07, 6.45) is 1.76.